The number of fused-ring (bicyclic) bond motifs is 2. The Hall–Kier alpha value is -2.14. The Morgan fingerprint density at radius 1 is 1.30 bits per heavy atom. The van der Waals surface area contributed by atoms with Gasteiger partial charge in [-0.15, -0.1) is 0 Å². The summed E-state index contributed by atoms with van der Waals surface area (Å²) in [5, 5.41) is 8.90. The van der Waals surface area contributed by atoms with E-state index in [1.165, 1.54) is 11.6 Å². The minimum absolute atomic E-state index is 0.220. The largest absolute Gasteiger partial charge is 0.359 e. The highest BCUT2D eigenvalue weighted by Crippen LogP contribution is 2.33. The molecule has 0 radical (unpaired) electrons. The fourth-order valence-corrected chi connectivity index (χ4v) is 3.09. The fraction of sp³-hybridized carbons (Fsp3) is 0.267. The summed E-state index contributed by atoms with van der Waals surface area (Å²) >= 11 is 0. The summed E-state index contributed by atoms with van der Waals surface area (Å²) in [6.07, 6.45) is 2.72. The van der Waals surface area contributed by atoms with Crippen LogP contribution in [0, 0.1) is 5.82 Å². The predicted molar refractivity (Wildman–Crippen MR) is 75.9 cm³/mol. The predicted octanol–water partition coefficient (Wildman–Crippen LogP) is 2.35. The minimum Gasteiger partial charge on any atom is -0.359 e. The van der Waals surface area contributed by atoms with Crippen LogP contribution in [0.4, 0.5) is 4.39 Å². The number of aromatic nitrogens is 3. The first-order chi connectivity index (χ1) is 9.75. The average Bonchev–Trinajstić information content (AvgIpc) is 3.04. The molecule has 0 unspecified atom stereocenters. The van der Waals surface area contributed by atoms with Crippen LogP contribution in [-0.2, 0) is 20.0 Å². The number of nitrogens with one attached hydrogen (secondary N) is 2. The topological polar surface area (TPSA) is 45.6 Å². The lowest BCUT2D eigenvalue weighted by Crippen LogP contribution is -2.23. The van der Waals surface area contributed by atoms with Gasteiger partial charge in [0.05, 0.1) is 16.9 Å². The summed E-state index contributed by atoms with van der Waals surface area (Å²) < 4.78 is 15.7. The first-order valence-electron chi connectivity index (χ1n) is 6.77. The highest BCUT2D eigenvalue weighted by molar-refractivity contribution is 5.95. The van der Waals surface area contributed by atoms with Crippen LogP contribution in [0.5, 0.6) is 0 Å². The maximum atomic E-state index is 13.8. The third-order valence-corrected chi connectivity index (χ3v) is 4.00. The lowest BCUT2D eigenvalue weighted by atomic mass is 9.99. The lowest BCUT2D eigenvalue weighted by Gasteiger charge is -2.13. The zero-order valence-electron chi connectivity index (χ0n) is 11.2. The molecule has 0 atom stereocenters. The molecule has 0 fully saturated rings. The Balaban J connectivity index is 2.02. The third kappa shape index (κ3) is 1.53. The summed E-state index contributed by atoms with van der Waals surface area (Å²) in [6, 6.07) is 5.28. The van der Waals surface area contributed by atoms with Gasteiger partial charge >= 0.3 is 0 Å². The molecule has 5 heteroatoms. The van der Waals surface area contributed by atoms with Crippen molar-refractivity contribution in [3.05, 3.63) is 41.5 Å². The van der Waals surface area contributed by atoms with E-state index in [2.05, 4.69) is 15.4 Å². The monoisotopic (exact) mass is 270 g/mol. The maximum Gasteiger partial charge on any atom is 0.147 e. The standard InChI is InChI=1S/C15H15FN4/c1-20-15(11-8-17-6-5-13(11)19-20)10-2-3-12(16)14-9(10)4-7-18-14/h2-4,7,17-18H,5-6,8H2,1H3. The van der Waals surface area contributed by atoms with Crippen molar-refractivity contribution in [2.24, 2.45) is 7.05 Å². The van der Waals surface area contributed by atoms with Gasteiger partial charge in [-0.25, -0.2) is 4.39 Å². The fourth-order valence-electron chi connectivity index (χ4n) is 3.09. The summed E-state index contributed by atoms with van der Waals surface area (Å²) in [7, 11) is 1.95. The number of nitrogens with zero attached hydrogens (tertiary/aromatic N) is 2. The van der Waals surface area contributed by atoms with Gasteiger partial charge in [0.15, 0.2) is 0 Å². The van der Waals surface area contributed by atoms with Crippen molar-refractivity contribution in [1.82, 2.24) is 20.1 Å². The van der Waals surface area contributed by atoms with Gasteiger partial charge in [0.25, 0.3) is 0 Å². The summed E-state index contributed by atoms with van der Waals surface area (Å²) in [6.45, 7) is 1.79. The van der Waals surface area contributed by atoms with E-state index >= 15 is 0 Å². The molecule has 0 aliphatic carbocycles. The molecule has 3 aromatic rings. The van der Waals surface area contributed by atoms with E-state index in [1.54, 1.807) is 6.20 Å². The van der Waals surface area contributed by atoms with Crippen LogP contribution in [0.3, 0.4) is 0 Å². The number of hydrogen-bond acceptors (Lipinski definition) is 2. The molecule has 4 nitrogen and oxygen atoms in total. The molecule has 20 heavy (non-hydrogen) atoms. The second-order valence-corrected chi connectivity index (χ2v) is 5.19. The van der Waals surface area contributed by atoms with Crippen molar-refractivity contribution in [2.45, 2.75) is 13.0 Å². The average molecular weight is 270 g/mol. The van der Waals surface area contributed by atoms with Crippen molar-refractivity contribution in [1.29, 1.82) is 0 Å². The van der Waals surface area contributed by atoms with Crippen molar-refractivity contribution < 1.29 is 4.39 Å². The second-order valence-electron chi connectivity index (χ2n) is 5.19. The zero-order valence-corrected chi connectivity index (χ0v) is 11.2. The van der Waals surface area contributed by atoms with Crippen molar-refractivity contribution >= 4 is 10.9 Å². The van der Waals surface area contributed by atoms with Crippen LogP contribution in [0.15, 0.2) is 24.4 Å². The van der Waals surface area contributed by atoms with Gasteiger partial charge in [0, 0.05) is 49.3 Å². The maximum absolute atomic E-state index is 13.8. The number of benzene rings is 1. The van der Waals surface area contributed by atoms with E-state index in [0.29, 0.717) is 5.52 Å². The Labute approximate surface area is 115 Å². The van der Waals surface area contributed by atoms with E-state index in [9.17, 15) is 4.39 Å². The quantitative estimate of drug-likeness (QED) is 0.713. The van der Waals surface area contributed by atoms with E-state index < -0.39 is 0 Å². The van der Waals surface area contributed by atoms with E-state index in [0.717, 1.165) is 41.8 Å². The molecule has 1 aliphatic rings. The van der Waals surface area contributed by atoms with Crippen LogP contribution < -0.4 is 5.32 Å². The highest BCUT2D eigenvalue weighted by atomic mass is 19.1. The van der Waals surface area contributed by atoms with Crippen LogP contribution >= 0.6 is 0 Å². The number of H-pyrrole nitrogens is 1. The molecule has 102 valence electrons. The van der Waals surface area contributed by atoms with Crippen LogP contribution in [0.25, 0.3) is 22.2 Å². The number of hydrogen-bond donors (Lipinski definition) is 2. The molecule has 1 aliphatic heterocycles. The second kappa shape index (κ2) is 4.18. The Bertz CT molecular complexity index is 800. The van der Waals surface area contributed by atoms with Gasteiger partial charge in [-0.05, 0) is 18.2 Å². The molecule has 0 amide bonds. The molecule has 2 aromatic heterocycles. The van der Waals surface area contributed by atoms with E-state index in [1.807, 2.05) is 23.9 Å². The smallest absolute Gasteiger partial charge is 0.147 e. The van der Waals surface area contributed by atoms with E-state index in [4.69, 9.17) is 0 Å². The molecule has 0 spiro atoms. The first kappa shape index (κ1) is 11.7. The van der Waals surface area contributed by atoms with Crippen molar-refractivity contribution in [3.63, 3.8) is 0 Å². The summed E-state index contributed by atoms with van der Waals surface area (Å²) in [5.74, 6) is -0.220. The third-order valence-electron chi connectivity index (χ3n) is 4.00. The summed E-state index contributed by atoms with van der Waals surface area (Å²) in [4.78, 5) is 2.97. The number of rotatable bonds is 1. The molecule has 0 bridgehead atoms. The SMILES string of the molecule is Cn1nc2c(c1-c1ccc(F)c3[nH]ccc13)CNCC2. The Kier molecular flexibility index (Phi) is 2.44. The molecule has 4 rings (SSSR count). The van der Waals surface area contributed by atoms with Crippen LogP contribution in [-0.4, -0.2) is 21.3 Å². The van der Waals surface area contributed by atoms with Gasteiger partial charge in [-0.1, -0.05) is 0 Å². The van der Waals surface area contributed by atoms with Crippen molar-refractivity contribution in [3.8, 4) is 11.3 Å². The molecule has 0 saturated carbocycles. The van der Waals surface area contributed by atoms with Gasteiger partial charge in [-0.3, -0.25) is 4.68 Å². The van der Waals surface area contributed by atoms with Gasteiger partial charge in [0.1, 0.15) is 5.82 Å². The van der Waals surface area contributed by atoms with Gasteiger partial charge in [0.2, 0.25) is 0 Å². The van der Waals surface area contributed by atoms with Gasteiger partial charge in [-0.2, -0.15) is 5.10 Å². The van der Waals surface area contributed by atoms with Crippen LogP contribution in [0.1, 0.15) is 11.3 Å². The Morgan fingerprint density at radius 2 is 2.20 bits per heavy atom. The zero-order chi connectivity index (χ0) is 13.7. The number of aryl methyl sites for hydroxylation is 1. The molecule has 2 N–H and O–H groups in total. The summed E-state index contributed by atoms with van der Waals surface area (Å²) in [5.41, 5.74) is 5.04. The normalized spacial score (nSPS) is 14.7. The Morgan fingerprint density at radius 3 is 3.10 bits per heavy atom. The molecule has 1 aromatic carbocycles. The first-order valence-corrected chi connectivity index (χ1v) is 6.77. The number of halogens is 1. The molecule has 0 saturated heterocycles. The number of aromatic amines is 1. The van der Waals surface area contributed by atoms with Gasteiger partial charge < -0.3 is 10.3 Å². The van der Waals surface area contributed by atoms with Crippen molar-refractivity contribution in [2.75, 3.05) is 6.54 Å². The molecular weight excluding hydrogens is 255 g/mol. The van der Waals surface area contributed by atoms with Crippen LogP contribution in [0.2, 0.25) is 0 Å². The van der Waals surface area contributed by atoms with E-state index in [-0.39, 0.29) is 5.82 Å². The minimum atomic E-state index is -0.220. The highest BCUT2D eigenvalue weighted by Gasteiger charge is 2.22. The molecular formula is C15H15FN4. The molecule has 3 heterocycles. The lowest BCUT2D eigenvalue weighted by molar-refractivity contribution is 0.633.